The lowest BCUT2D eigenvalue weighted by molar-refractivity contribution is -0.135. The summed E-state index contributed by atoms with van der Waals surface area (Å²) in [4.78, 5) is 22.7. The van der Waals surface area contributed by atoms with Gasteiger partial charge in [0.1, 0.15) is 5.01 Å². The van der Waals surface area contributed by atoms with Gasteiger partial charge in [0, 0.05) is 16.6 Å². The summed E-state index contributed by atoms with van der Waals surface area (Å²) in [6, 6.07) is 7.84. The zero-order valence-corrected chi connectivity index (χ0v) is 15.3. The number of hydrogen-bond acceptors (Lipinski definition) is 5. The molecule has 1 N–H and O–H groups in total. The van der Waals surface area contributed by atoms with Crippen LogP contribution in [-0.2, 0) is 4.79 Å². The van der Waals surface area contributed by atoms with E-state index in [0.29, 0.717) is 5.57 Å². The molecule has 25 heavy (non-hydrogen) atoms. The van der Waals surface area contributed by atoms with Crippen LogP contribution in [0, 0.1) is 13.8 Å². The normalized spacial score (nSPS) is 12.3. The fourth-order valence-electron chi connectivity index (χ4n) is 2.78. The number of para-hydroxylation sites is 1. The molecule has 0 aliphatic rings. The van der Waals surface area contributed by atoms with Gasteiger partial charge in [-0.2, -0.15) is 0 Å². The molecular weight excluding hydrogens is 354 g/mol. The lowest BCUT2D eigenvalue weighted by Crippen LogP contribution is -1.98. The second kappa shape index (κ2) is 6.09. The summed E-state index contributed by atoms with van der Waals surface area (Å²) < 4.78 is 3.07. The Hall–Kier alpha value is -2.51. The number of imidazole rings is 1. The van der Waals surface area contributed by atoms with Crippen molar-refractivity contribution in [1.29, 1.82) is 0 Å². The molecule has 4 rings (SSSR count). The van der Waals surface area contributed by atoms with Crippen LogP contribution in [0.1, 0.15) is 27.7 Å². The monoisotopic (exact) mass is 369 g/mol. The third-order valence-corrected chi connectivity index (χ3v) is 5.89. The number of aryl methyl sites for hydroxylation is 2. The van der Waals surface area contributed by atoms with E-state index in [2.05, 4.69) is 9.97 Å². The lowest BCUT2D eigenvalue weighted by atomic mass is 10.1. The molecule has 7 heteroatoms. The lowest BCUT2D eigenvalue weighted by Gasteiger charge is -2.02. The van der Waals surface area contributed by atoms with Crippen molar-refractivity contribution in [2.24, 2.45) is 0 Å². The molecule has 0 unspecified atom stereocenters. The summed E-state index contributed by atoms with van der Waals surface area (Å²) >= 11 is 3.14. The highest BCUT2D eigenvalue weighted by atomic mass is 32.1. The van der Waals surface area contributed by atoms with Gasteiger partial charge in [0.25, 0.3) is 0 Å². The molecule has 0 radical (unpaired) electrons. The molecule has 0 atom stereocenters. The van der Waals surface area contributed by atoms with E-state index in [0.717, 1.165) is 36.5 Å². The topological polar surface area (TPSA) is 67.5 Å². The van der Waals surface area contributed by atoms with E-state index in [1.807, 2.05) is 54.8 Å². The molecule has 0 spiro atoms. The van der Waals surface area contributed by atoms with E-state index < -0.39 is 5.97 Å². The van der Waals surface area contributed by atoms with Gasteiger partial charge in [-0.3, -0.25) is 9.20 Å². The quantitative estimate of drug-likeness (QED) is 0.569. The first-order chi connectivity index (χ1) is 12.0. The van der Waals surface area contributed by atoms with Crippen molar-refractivity contribution in [3.05, 3.63) is 51.7 Å². The second-order valence-electron chi connectivity index (χ2n) is 5.80. The van der Waals surface area contributed by atoms with Crippen LogP contribution in [0.3, 0.4) is 0 Å². The van der Waals surface area contributed by atoms with Gasteiger partial charge in [0.2, 0.25) is 0 Å². The Labute approximate surface area is 151 Å². The standard InChI is InChI=1S/C18H15N3O2S2/c1-10-9-21-14(11(2)19-18(21)24-10)7-12(8-16(22)23)17-20-13-5-3-4-6-15(13)25-17/h3-7,9H,8H2,1-2H3,(H,22,23)/b12-7+. The highest BCUT2D eigenvalue weighted by molar-refractivity contribution is 7.19. The van der Waals surface area contributed by atoms with Gasteiger partial charge in [-0.1, -0.05) is 12.1 Å². The third kappa shape index (κ3) is 2.96. The van der Waals surface area contributed by atoms with E-state index in [1.54, 1.807) is 11.3 Å². The predicted molar refractivity (Wildman–Crippen MR) is 102 cm³/mol. The molecule has 126 valence electrons. The highest BCUT2D eigenvalue weighted by Crippen LogP contribution is 2.31. The van der Waals surface area contributed by atoms with E-state index >= 15 is 0 Å². The number of benzene rings is 1. The molecule has 4 aromatic rings. The highest BCUT2D eigenvalue weighted by Gasteiger charge is 2.16. The van der Waals surface area contributed by atoms with E-state index in [9.17, 15) is 9.90 Å². The van der Waals surface area contributed by atoms with Gasteiger partial charge >= 0.3 is 5.97 Å². The molecule has 3 heterocycles. The zero-order chi connectivity index (χ0) is 17.6. The summed E-state index contributed by atoms with van der Waals surface area (Å²) in [7, 11) is 0. The molecule has 5 nitrogen and oxygen atoms in total. The molecular formula is C18H15N3O2S2. The van der Waals surface area contributed by atoms with Crippen LogP contribution >= 0.6 is 22.7 Å². The molecule has 0 fully saturated rings. The number of aromatic nitrogens is 3. The molecule has 0 amide bonds. The summed E-state index contributed by atoms with van der Waals surface area (Å²) in [5.74, 6) is -0.870. The van der Waals surface area contributed by atoms with Crippen molar-refractivity contribution in [1.82, 2.24) is 14.4 Å². The number of rotatable bonds is 4. The number of carbonyl (C=O) groups is 1. The van der Waals surface area contributed by atoms with E-state index in [-0.39, 0.29) is 6.42 Å². The Morgan fingerprint density at radius 2 is 2.04 bits per heavy atom. The second-order valence-corrected chi connectivity index (χ2v) is 8.05. The smallest absolute Gasteiger partial charge is 0.307 e. The van der Waals surface area contributed by atoms with Crippen LogP contribution in [0.2, 0.25) is 0 Å². The van der Waals surface area contributed by atoms with Crippen molar-refractivity contribution >= 4 is 55.5 Å². The number of nitrogens with zero attached hydrogens (tertiary/aromatic N) is 3. The summed E-state index contributed by atoms with van der Waals surface area (Å²) in [5.41, 5.74) is 3.38. The Bertz CT molecular complexity index is 1100. The predicted octanol–water partition coefficient (Wildman–Crippen LogP) is 4.64. The number of thiazole rings is 2. The Morgan fingerprint density at radius 3 is 2.80 bits per heavy atom. The van der Waals surface area contributed by atoms with Crippen molar-refractivity contribution in [2.45, 2.75) is 20.3 Å². The fraction of sp³-hybridized carbons (Fsp3) is 0.167. The minimum Gasteiger partial charge on any atom is -0.481 e. The van der Waals surface area contributed by atoms with Gasteiger partial charge in [-0.15, -0.1) is 22.7 Å². The summed E-state index contributed by atoms with van der Waals surface area (Å²) in [6.07, 6.45) is 3.87. The molecule has 0 aliphatic carbocycles. The molecule has 0 saturated heterocycles. The van der Waals surface area contributed by atoms with Crippen molar-refractivity contribution in [3.63, 3.8) is 0 Å². The number of fused-ring (bicyclic) bond motifs is 2. The first-order valence-electron chi connectivity index (χ1n) is 7.74. The number of carboxylic acids is 1. The SMILES string of the molecule is Cc1cn2c(/C=C(\CC(=O)O)c3nc4ccccc4s3)c(C)nc2s1. The molecule has 0 saturated carbocycles. The average Bonchev–Trinajstić information content (AvgIpc) is 3.20. The summed E-state index contributed by atoms with van der Waals surface area (Å²) in [5, 5.41) is 10.1. The van der Waals surface area contributed by atoms with E-state index in [1.165, 1.54) is 11.3 Å². The summed E-state index contributed by atoms with van der Waals surface area (Å²) in [6.45, 7) is 3.98. The molecule has 3 aromatic heterocycles. The minimum atomic E-state index is -0.870. The number of carboxylic acid groups (broad SMARTS) is 1. The molecule has 0 bridgehead atoms. The Morgan fingerprint density at radius 1 is 1.24 bits per heavy atom. The fourth-order valence-corrected chi connectivity index (χ4v) is 4.64. The van der Waals surface area contributed by atoms with Gasteiger partial charge in [0.05, 0.1) is 28.0 Å². The van der Waals surface area contributed by atoms with Crippen molar-refractivity contribution in [2.75, 3.05) is 0 Å². The molecule has 0 aliphatic heterocycles. The zero-order valence-electron chi connectivity index (χ0n) is 13.7. The average molecular weight is 369 g/mol. The largest absolute Gasteiger partial charge is 0.481 e. The van der Waals surface area contributed by atoms with Crippen molar-refractivity contribution < 1.29 is 9.90 Å². The van der Waals surface area contributed by atoms with Gasteiger partial charge in [-0.25, -0.2) is 9.97 Å². The van der Waals surface area contributed by atoms with Crippen LogP contribution < -0.4 is 0 Å². The Kier molecular flexibility index (Phi) is 3.89. The number of hydrogen-bond donors (Lipinski definition) is 1. The van der Waals surface area contributed by atoms with Crippen LogP contribution in [0.15, 0.2) is 30.5 Å². The number of aliphatic carboxylic acids is 1. The van der Waals surface area contributed by atoms with Crippen LogP contribution in [-0.4, -0.2) is 25.4 Å². The third-order valence-electron chi connectivity index (χ3n) is 3.88. The van der Waals surface area contributed by atoms with Crippen LogP contribution in [0.25, 0.3) is 26.8 Å². The van der Waals surface area contributed by atoms with Gasteiger partial charge in [0.15, 0.2) is 4.96 Å². The van der Waals surface area contributed by atoms with E-state index in [4.69, 9.17) is 0 Å². The maximum atomic E-state index is 11.4. The van der Waals surface area contributed by atoms with Crippen LogP contribution in [0.4, 0.5) is 0 Å². The first kappa shape index (κ1) is 16.0. The Balaban J connectivity index is 1.89. The first-order valence-corrected chi connectivity index (χ1v) is 9.38. The maximum absolute atomic E-state index is 11.4. The molecule has 1 aromatic carbocycles. The van der Waals surface area contributed by atoms with Gasteiger partial charge in [-0.05, 0) is 32.1 Å². The van der Waals surface area contributed by atoms with Crippen LogP contribution in [0.5, 0.6) is 0 Å². The van der Waals surface area contributed by atoms with Crippen molar-refractivity contribution in [3.8, 4) is 0 Å². The van der Waals surface area contributed by atoms with Gasteiger partial charge < -0.3 is 5.11 Å². The maximum Gasteiger partial charge on any atom is 0.307 e. The minimum absolute atomic E-state index is 0.0738.